The van der Waals surface area contributed by atoms with Gasteiger partial charge in [0.05, 0.1) is 12.7 Å². The molecule has 5 nitrogen and oxygen atoms in total. The van der Waals surface area contributed by atoms with Crippen molar-refractivity contribution in [2.75, 3.05) is 13.2 Å². The highest BCUT2D eigenvalue weighted by Crippen LogP contribution is 2.06. The standard InChI is InChI=1S/C8H13NO4/c10-7(2-1-3-8(11)12)9-4-6-5-13-6/h6H,1-5H2,(H,9,10)(H,11,12). The summed E-state index contributed by atoms with van der Waals surface area (Å²) >= 11 is 0. The smallest absolute Gasteiger partial charge is 0.303 e. The van der Waals surface area contributed by atoms with Crippen LogP contribution in [0.1, 0.15) is 19.3 Å². The Bertz CT molecular complexity index is 200. The zero-order valence-electron chi connectivity index (χ0n) is 7.28. The molecule has 74 valence electrons. The van der Waals surface area contributed by atoms with Crippen molar-refractivity contribution in [1.82, 2.24) is 5.32 Å². The highest BCUT2D eigenvalue weighted by Gasteiger charge is 2.22. The third kappa shape index (κ3) is 5.19. The van der Waals surface area contributed by atoms with Crippen LogP contribution in [0.2, 0.25) is 0 Å². The van der Waals surface area contributed by atoms with E-state index in [0.717, 1.165) is 6.61 Å². The van der Waals surface area contributed by atoms with Crippen LogP contribution in [0.4, 0.5) is 0 Å². The number of hydrogen-bond acceptors (Lipinski definition) is 3. The quantitative estimate of drug-likeness (QED) is 0.562. The van der Waals surface area contributed by atoms with Crippen molar-refractivity contribution in [3.05, 3.63) is 0 Å². The number of hydrogen-bond donors (Lipinski definition) is 2. The van der Waals surface area contributed by atoms with E-state index >= 15 is 0 Å². The molecule has 0 aromatic carbocycles. The first-order valence-electron chi connectivity index (χ1n) is 4.28. The van der Waals surface area contributed by atoms with Gasteiger partial charge in [0.2, 0.25) is 5.91 Å². The zero-order chi connectivity index (χ0) is 9.68. The molecule has 1 heterocycles. The van der Waals surface area contributed by atoms with Crippen LogP contribution in [-0.4, -0.2) is 36.2 Å². The molecular formula is C8H13NO4. The lowest BCUT2D eigenvalue weighted by atomic mass is 10.2. The average molecular weight is 187 g/mol. The second-order valence-electron chi connectivity index (χ2n) is 3.01. The summed E-state index contributed by atoms with van der Waals surface area (Å²) in [5, 5.41) is 11.0. The van der Waals surface area contributed by atoms with Gasteiger partial charge in [0, 0.05) is 19.4 Å². The molecule has 0 saturated carbocycles. The summed E-state index contributed by atoms with van der Waals surface area (Å²) in [5.74, 6) is -0.963. The van der Waals surface area contributed by atoms with Gasteiger partial charge in [-0.2, -0.15) is 0 Å². The Morgan fingerprint density at radius 1 is 1.46 bits per heavy atom. The number of ether oxygens (including phenoxy) is 1. The van der Waals surface area contributed by atoms with Gasteiger partial charge in [0.15, 0.2) is 0 Å². The van der Waals surface area contributed by atoms with Gasteiger partial charge in [-0.25, -0.2) is 0 Å². The second-order valence-corrected chi connectivity index (χ2v) is 3.01. The first kappa shape index (κ1) is 9.98. The SMILES string of the molecule is O=C(O)CCCC(=O)NCC1CO1. The number of carboxylic acid groups (broad SMARTS) is 1. The molecule has 0 bridgehead atoms. The van der Waals surface area contributed by atoms with E-state index in [9.17, 15) is 9.59 Å². The van der Waals surface area contributed by atoms with E-state index in [0.29, 0.717) is 13.0 Å². The molecule has 1 aliphatic rings. The summed E-state index contributed by atoms with van der Waals surface area (Å²) in [7, 11) is 0. The molecule has 1 fully saturated rings. The minimum Gasteiger partial charge on any atom is -0.481 e. The van der Waals surface area contributed by atoms with Crippen LogP contribution in [0.3, 0.4) is 0 Å². The summed E-state index contributed by atoms with van der Waals surface area (Å²) in [6, 6.07) is 0. The van der Waals surface area contributed by atoms with Crippen molar-refractivity contribution in [3.63, 3.8) is 0 Å². The molecule has 0 aliphatic carbocycles. The van der Waals surface area contributed by atoms with Crippen LogP contribution >= 0.6 is 0 Å². The van der Waals surface area contributed by atoms with Crippen molar-refractivity contribution < 1.29 is 19.4 Å². The summed E-state index contributed by atoms with van der Waals surface area (Å²) < 4.78 is 4.89. The molecule has 0 aromatic rings. The molecule has 5 heteroatoms. The molecule has 0 spiro atoms. The molecule has 1 saturated heterocycles. The van der Waals surface area contributed by atoms with Crippen molar-refractivity contribution in [2.45, 2.75) is 25.4 Å². The Morgan fingerprint density at radius 2 is 2.15 bits per heavy atom. The number of nitrogens with one attached hydrogen (secondary N) is 1. The average Bonchev–Trinajstić information content (AvgIpc) is 2.83. The Morgan fingerprint density at radius 3 is 2.69 bits per heavy atom. The van der Waals surface area contributed by atoms with Crippen LogP contribution in [0.15, 0.2) is 0 Å². The number of carbonyl (C=O) groups excluding carboxylic acids is 1. The monoisotopic (exact) mass is 187 g/mol. The van der Waals surface area contributed by atoms with E-state index in [2.05, 4.69) is 5.32 Å². The van der Waals surface area contributed by atoms with E-state index in [1.165, 1.54) is 0 Å². The number of rotatable bonds is 6. The first-order chi connectivity index (χ1) is 6.18. The van der Waals surface area contributed by atoms with Gasteiger partial charge in [0.1, 0.15) is 0 Å². The van der Waals surface area contributed by atoms with E-state index in [-0.39, 0.29) is 24.9 Å². The van der Waals surface area contributed by atoms with Gasteiger partial charge < -0.3 is 15.2 Å². The molecule has 1 aliphatic heterocycles. The van der Waals surface area contributed by atoms with Gasteiger partial charge in [-0.15, -0.1) is 0 Å². The molecule has 1 atom stereocenters. The fourth-order valence-electron chi connectivity index (χ4n) is 0.902. The number of aliphatic carboxylic acids is 1. The maximum atomic E-state index is 11.0. The van der Waals surface area contributed by atoms with Crippen LogP contribution in [0.25, 0.3) is 0 Å². The Kier molecular flexibility index (Phi) is 3.70. The second kappa shape index (κ2) is 4.81. The predicted octanol–water partition coefficient (Wildman–Crippen LogP) is -0.244. The number of epoxide rings is 1. The topological polar surface area (TPSA) is 78.9 Å². The van der Waals surface area contributed by atoms with Crippen molar-refractivity contribution >= 4 is 11.9 Å². The van der Waals surface area contributed by atoms with Gasteiger partial charge in [-0.05, 0) is 6.42 Å². The lowest BCUT2D eigenvalue weighted by Crippen LogP contribution is -2.27. The highest BCUT2D eigenvalue weighted by molar-refractivity contribution is 5.76. The van der Waals surface area contributed by atoms with Crippen molar-refractivity contribution in [2.24, 2.45) is 0 Å². The van der Waals surface area contributed by atoms with E-state index in [1.807, 2.05) is 0 Å². The van der Waals surface area contributed by atoms with E-state index in [1.54, 1.807) is 0 Å². The fourth-order valence-corrected chi connectivity index (χ4v) is 0.902. The number of carbonyl (C=O) groups is 2. The maximum Gasteiger partial charge on any atom is 0.303 e. The summed E-state index contributed by atoms with van der Waals surface area (Å²) in [4.78, 5) is 21.1. The van der Waals surface area contributed by atoms with E-state index in [4.69, 9.17) is 9.84 Å². The summed E-state index contributed by atoms with van der Waals surface area (Å²) in [5.41, 5.74) is 0. The summed E-state index contributed by atoms with van der Waals surface area (Å²) in [6.07, 6.45) is 0.905. The Labute approximate surface area is 76.1 Å². The van der Waals surface area contributed by atoms with Crippen LogP contribution in [0, 0.1) is 0 Å². The van der Waals surface area contributed by atoms with Gasteiger partial charge in [0.25, 0.3) is 0 Å². The number of amides is 1. The van der Waals surface area contributed by atoms with Crippen molar-refractivity contribution in [1.29, 1.82) is 0 Å². The Balaban J connectivity index is 1.93. The van der Waals surface area contributed by atoms with Crippen LogP contribution < -0.4 is 5.32 Å². The third-order valence-electron chi connectivity index (χ3n) is 1.72. The molecule has 1 amide bonds. The third-order valence-corrected chi connectivity index (χ3v) is 1.72. The lowest BCUT2D eigenvalue weighted by molar-refractivity contribution is -0.137. The molecular weight excluding hydrogens is 174 g/mol. The number of carboxylic acids is 1. The normalized spacial score (nSPS) is 19.5. The Hall–Kier alpha value is -1.10. The van der Waals surface area contributed by atoms with Gasteiger partial charge in [-0.1, -0.05) is 0 Å². The first-order valence-corrected chi connectivity index (χ1v) is 4.28. The fraction of sp³-hybridized carbons (Fsp3) is 0.750. The predicted molar refractivity (Wildman–Crippen MR) is 44.2 cm³/mol. The minimum absolute atomic E-state index is 0.0490. The van der Waals surface area contributed by atoms with Crippen molar-refractivity contribution in [3.8, 4) is 0 Å². The lowest BCUT2D eigenvalue weighted by Gasteiger charge is -2.00. The van der Waals surface area contributed by atoms with Gasteiger partial charge >= 0.3 is 5.97 Å². The molecule has 1 unspecified atom stereocenters. The van der Waals surface area contributed by atoms with Crippen LogP contribution in [0.5, 0.6) is 0 Å². The van der Waals surface area contributed by atoms with Gasteiger partial charge in [-0.3, -0.25) is 9.59 Å². The van der Waals surface area contributed by atoms with E-state index < -0.39 is 5.97 Å². The molecule has 1 rings (SSSR count). The minimum atomic E-state index is -0.863. The molecule has 0 radical (unpaired) electrons. The largest absolute Gasteiger partial charge is 0.481 e. The van der Waals surface area contributed by atoms with Crippen LogP contribution in [-0.2, 0) is 14.3 Å². The molecule has 13 heavy (non-hydrogen) atoms. The molecule has 0 aromatic heterocycles. The molecule has 2 N–H and O–H groups in total. The maximum absolute atomic E-state index is 11.0. The zero-order valence-corrected chi connectivity index (χ0v) is 7.28. The highest BCUT2D eigenvalue weighted by atomic mass is 16.6. The summed E-state index contributed by atoms with van der Waals surface area (Å²) in [6.45, 7) is 1.27.